The lowest BCUT2D eigenvalue weighted by Crippen LogP contribution is -2.56. The van der Waals surface area contributed by atoms with Crippen molar-refractivity contribution in [1.82, 2.24) is 10.4 Å². The molecule has 3 rings (SSSR count). The average molecular weight is 383 g/mol. The lowest BCUT2D eigenvalue weighted by atomic mass is 10.1. The van der Waals surface area contributed by atoms with Gasteiger partial charge >= 0.3 is 17.7 Å². The highest BCUT2D eigenvalue weighted by Gasteiger charge is 2.59. The number of hydroxylamine groups is 2. The highest BCUT2D eigenvalue weighted by atomic mass is 35.5. The zero-order valence-electron chi connectivity index (χ0n) is 13.4. The topological polar surface area (TPSA) is 122 Å². The molecule has 2 fully saturated rings. The fraction of sp³-hybridized carbons (Fsp3) is 0.375. The monoisotopic (exact) mass is 382 g/mol. The molecular weight excluding hydrogens is 368 g/mol. The number of carboxylic acid groups (broad SMARTS) is 1. The van der Waals surface area contributed by atoms with Gasteiger partial charge in [-0.05, 0) is 17.7 Å². The zero-order valence-corrected chi connectivity index (χ0v) is 14.2. The molecule has 1 unspecified atom stereocenters. The van der Waals surface area contributed by atoms with E-state index in [1.165, 1.54) is 0 Å². The number of nitrogens with zero attached hydrogens (tertiary/aromatic N) is 1. The number of amides is 2. The number of ether oxygens (including phenoxy) is 1. The second kappa shape index (κ2) is 6.93. The Hall–Kier alpha value is -2.65. The number of carbonyl (C=O) groups excluding carboxylic acids is 3. The van der Waals surface area contributed by atoms with Crippen LogP contribution >= 0.6 is 11.6 Å². The molecule has 1 aromatic carbocycles. The summed E-state index contributed by atoms with van der Waals surface area (Å²) in [5.74, 6) is -3.47. The second-order valence-electron chi connectivity index (χ2n) is 5.92. The molecule has 2 aliphatic rings. The summed E-state index contributed by atoms with van der Waals surface area (Å²) >= 11 is 5.78. The van der Waals surface area contributed by atoms with Crippen LogP contribution < -0.4 is 5.32 Å². The van der Waals surface area contributed by atoms with E-state index in [1.807, 2.05) is 0 Å². The number of aliphatic carboxylic acids is 1. The number of benzene rings is 1. The third kappa shape index (κ3) is 3.35. The Labute approximate surface area is 152 Å². The molecule has 0 saturated carbocycles. The van der Waals surface area contributed by atoms with E-state index in [4.69, 9.17) is 21.2 Å². The molecule has 0 spiro atoms. The Morgan fingerprint density at radius 1 is 1.31 bits per heavy atom. The van der Waals surface area contributed by atoms with Gasteiger partial charge in [0.1, 0.15) is 12.6 Å². The van der Waals surface area contributed by atoms with Crippen LogP contribution in [0.5, 0.6) is 0 Å². The maximum absolute atomic E-state index is 12.5. The number of hydrogen-bond acceptors (Lipinski definition) is 6. The molecule has 2 aliphatic heterocycles. The quantitative estimate of drug-likeness (QED) is 0.700. The maximum atomic E-state index is 12.5. The Morgan fingerprint density at radius 2 is 2.00 bits per heavy atom. The van der Waals surface area contributed by atoms with Crippen LogP contribution in [0.1, 0.15) is 18.4 Å². The van der Waals surface area contributed by atoms with Gasteiger partial charge in [0, 0.05) is 11.4 Å². The molecule has 0 aromatic heterocycles. The van der Waals surface area contributed by atoms with E-state index < -0.39 is 35.5 Å². The Morgan fingerprint density at radius 3 is 2.58 bits per heavy atom. The number of nitrogens with one attached hydrogen (secondary N) is 1. The van der Waals surface area contributed by atoms with Gasteiger partial charge in [0.15, 0.2) is 0 Å². The van der Waals surface area contributed by atoms with E-state index >= 15 is 0 Å². The van der Waals surface area contributed by atoms with E-state index in [9.17, 15) is 24.3 Å². The number of rotatable bonds is 5. The molecule has 0 bridgehead atoms. The van der Waals surface area contributed by atoms with Crippen LogP contribution in [0.15, 0.2) is 24.3 Å². The van der Waals surface area contributed by atoms with E-state index in [1.54, 1.807) is 24.3 Å². The van der Waals surface area contributed by atoms with Gasteiger partial charge < -0.3 is 15.2 Å². The molecule has 1 aromatic rings. The van der Waals surface area contributed by atoms with Crippen LogP contribution in [0, 0.1) is 0 Å². The molecule has 2 heterocycles. The zero-order chi connectivity index (χ0) is 18.9. The van der Waals surface area contributed by atoms with Crippen molar-refractivity contribution in [2.24, 2.45) is 0 Å². The number of carbonyl (C=O) groups is 4. The number of carboxylic acids is 1. The molecule has 9 nitrogen and oxygen atoms in total. The fourth-order valence-corrected chi connectivity index (χ4v) is 2.91. The van der Waals surface area contributed by atoms with Gasteiger partial charge in [-0.25, -0.2) is 4.79 Å². The summed E-state index contributed by atoms with van der Waals surface area (Å²) in [6, 6.07) is 5.57. The minimum Gasteiger partial charge on any atom is -0.477 e. The highest BCUT2D eigenvalue weighted by molar-refractivity contribution is 6.30. The van der Waals surface area contributed by atoms with Crippen molar-refractivity contribution in [3.05, 3.63) is 34.9 Å². The van der Waals surface area contributed by atoms with Gasteiger partial charge in [0.25, 0.3) is 5.91 Å². The number of esters is 1. The lowest BCUT2D eigenvalue weighted by molar-refractivity contribution is -0.256. The molecule has 138 valence electrons. The first-order chi connectivity index (χ1) is 12.3. The molecule has 0 radical (unpaired) electrons. The molecular formula is C16H15ClN2O7. The lowest BCUT2D eigenvalue weighted by Gasteiger charge is -2.30. The first kappa shape index (κ1) is 18.2. The standard InChI is InChI=1S/C16H15ClN2O7/c17-10-3-1-9(2-4-10)7-12(20)18-11-8-25-19(14(11)22)16(15(23)24)6-5-13(21)26-16/h1-4,11H,5-8H2,(H,18,20)(H,23,24)/t11-,16?/m0/s1. The summed E-state index contributed by atoms with van der Waals surface area (Å²) < 4.78 is 4.84. The molecule has 2 atom stereocenters. The number of halogens is 1. The van der Waals surface area contributed by atoms with Crippen molar-refractivity contribution >= 4 is 35.4 Å². The third-order valence-corrected chi connectivity index (χ3v) is 4.35. The van der Waals surface area contributed by atoms with Gasteiger partial charge in [-0.3, -0.25) is 19.2 Å². The van der Waals surface area contributed by atoms with Crippen molar-refractivity contribution < 1.29 is 33.9 Å². The largest absolute Gasteiger partial charge is 0.477 e. The van der Waals surface area contributed by atoms with Gasteiger partial charge in [0.2, 0.25) is 5.91 Å². The van der Waals surface area contributed by atoms with Gasteiger partial charge in [-0.15, -0.1) is 0 Å². The van der Waals surface area contributed by atoms with Crippen LogP contribution in [-0.2, 0) is 35.2 Å². The minimum absolute atomic E-state index is 0.0139. The van der Waals surface area contributed by atoms with Crippen LogP contribution in [0.3, 0.4) is 0 Å². The summed E-state index contributed by atoms with van der Waals surface area (Å²) in [7, 11) is 0. The van der Waals surface area contributed by atoms with E-state index in [0.29, 0.717) is 15.6 Å². The van der Waals surface area contributed by atoms with Crippen molar-refractivity contribution in [2.45, 2.75) is 31.0 Å². The third-order valence-electron chi connectivity index (χ3n) is 4.09. The Kier molecular flexibility index (Phi) is 4.84. The Bertz CT molecular complexity index is 766. The summed E-state index contributed by atoms with van der Waals surface area (Å²) in [5.41, 5.74) is -1.49. The molecule has 0 aliphatic carbocycles. The molecule has 2 amide bonds. The van der Waals surface area contributed by atoms with Gasteiger partial charge in [0.05, 0.1) is 12.8 Å². The molecule has 10 heteroatoms. The van der Waals surface area contributed by atoms with Crippen molar-refractivity contribution in [3.63, 3.8) is 0 Å². The summed E-state index contributed by atoms with van der Waals surface area (Å²) in [4.78, 5) is 52.6. The predicted molar refractivity (Wildman–Crippen MR) is 85.6 cm³/mol. The SMILES string of the molecule is O=C(Cc1ccc(Cl)cc1)N[C@H]1CON(C2(C(=O)O)CCC(=O)O2)C1=O. The molecule has 2 saturated heterocycles. The second-order valence-corrected chi connectivity index (χ2v) is 6.35. The fourth-order valence-electron chi connectivity index (χ4n) is 2.79. The Balaban J connectivity index is 1.65. The van der Waals surface area contributed by atoms with Crippen molar-refractivity contribution in [1.29, 1.82) is 0 Å². The maximum Gasteiger partial charge on any atom is 0.372 e. The molecule has 26 heavy (non-hydrogen) atoms. The van der Waals surface area contributed by atoms with Crippen LogP contribution in [0.25, 0.3) is 0 Å². The van der Waals surface area contributed by atoms with Crippen LogP contribution in [-0.4, -0.2) is 52.3 Å². The first-order valence-electron chi connectivity index (χ1n) is 7.78. The van der Waals surface area contributed by atoms with E-state index in [0.717, 1.165) is 0 Å². The van der Waals surface area contributed by atoms with Gasteiger partial charge in [-0.2, -0.15) is 5.06 Å². The van der Waals surface area contributed by atoms with E-state index in [-0.39, 0.29) is 25.9 Å². The highest BCUT2D eigenvalue weighted by Crippen LogP contribution is 2.34. The molecule has 2 N–H and O–H groups in total. The van der Waals surface area contributed by atoms with E-state index in [2.05, 4.69) is 5.32 Å². The summed E-state index contributed by atoms with van der Waals surface area (Å²) in [6.07, 6.45) is -0.356. The smallest absolute Gasteiger partial charge is 0.372 e. The first-order valence-corrected chi connectivity index (χ1v) is 8.15. The van der Waals surface area contributed by atoms with Crippen molar-refractivity contribution in [3.8, 4) is 0 Å². The van der Waals surface area contributed by atoms with Crippen LogP contribution in [0.4, 0.5) is 0 Å². The number of cyclic esters (lactones) is 1. The minimum atomic E-state index is -2.19. The van der Waals surface area contributed by atoms with Crippen LogP contribution in [0.2, 0.25) is 5.02 Å². The summed E-state index contributed by atoms with van der Waals surface area (Å²) in [5, 5.41) is 13.0. The predicted octanol–water partition coefficient (Wildman–Crippen LogP) is 0.259. The summed E-state index contributed by atoms with van der Waals surface area (Å²) in [6.45, 7) is -0.252. The van der Waals surface area contributed by atoms with Crippen molar-refractivity contribution in [2.75, 3.05) is 6.61 Å². The normalized spacial score (nSPS) is 25.3. The van der Waals surface area contributed by atoms with Gasteiger partial charge in [-0.1, -0.05) is 23.7 Å². The average Bonchev–Trinajstić information content (AvgIpc) is 3.14. The number of hydrogen-bond donors (Lipinski definition) is 2.